The van der Waals surface area contributed by atoms with Gasteiger partial charge in [0.15, 0.2) is 0 Å². The van der Waals surface area contributed by atoms with Gasteiger partial charge in [-0.1, -0.05) is 39.3 Å². The third-order valence-corrected chi connectivity index (χ3v) is 5.03. The number of aromatic nitrogens is 1. The van der Waals surface area contributed by atoms with Crippen LogP contribution in [0.3, 0.4) is 0 Å². The van der Waals surface area contributed by atoms with E-state index in [0.29, 0.717) is 5.56 Å². The molecule has 0 spiro atoms. The van der Waals surface area contributed by atoms with E-state index in [0.717, 1.165) is 16.6 Å². The van der Waals surface area contributed by atoms with Crippen LogP contribution in [0.2, 0.25) is 0 Å². The molecular formula is C16H10BrF3N2O3S. The Morgan fingerprint density at radius 1 is 1.08 bits per heavy atom. The van der Waals surface area contributed by atoms with E-state index >= 15 is 0 Å². The lowest BCUT2D eigenvalue weighted by Gasteiger charge is -2.07. The Labute approximate surface area is 154 Å². The van der Waals surface area contributed by atoms with Gasteiger partial charge in [-0.25, -0.2) is 26.7 Å². The second-order valence-electron chi connectivity index (χ2n) is 5.27. The molecule has 0 aliphatic heterocycles. The summed E-state index contributed by atoms with van der Waals surface area (Å²) >= 11 is 3.26. The molecule has 0 aliphatic carbocycles. The molecule has 0 aliphatic rings. The van der Waals surface area contributed by atoms with Crippen LogP contribution in [-0.2, 0) is 10.0 Å². The molecular weight excluding hydrogens is 437 g/mol. The van der Waals surface area contributed by atoms with Crippen molar-refractivity contribution in [2.45, 2.75) is 11.3 Å². The molecule has 5 nitrogen and oxygen atoms in total. The first kappa shape index (κ1) is 18.6. The van der Waals surface area contributed by atoms with Crippen molar-refractivity contribution < 1.29 is 26.1 Å². The van der Waals surface area contributed by atoms with Crippen LogP contribution in [0.15, 0.2) is 56.4 Å². The fraction of sp³-hybridized carbons (Fsp3) is 0.0625. The molecule has 26 heavy (non-hydrogen) atoms. The highest BCUT2D eigenvalue weighted by Crippen LogP contribution is 2.39. The lowest BCUT2D eigenvalue weighted by Crippen LogP contribution is -2.14. The number of halogens is 4. The summed E-state index contributed by atoms with van der Waals surface area (Å²) in [5, 5.41) is 8.60. The molecule has 0 saturated heterocycles. The number of rotatable bonds is 4. The van der Waals surface area contributed by atoms with Crippen molar-refractivity contribution in [3.8, 4) is 22.4 Å². The summed E-state index contributed by atoms with van der Waals surface area (Å²) in [5.41, 5.74) is 0.414. The van der Waals surface area contributed by atoms with Gasteiger partial charge in [0.1, 0.15) is 16.4 Å². The van der Waals surface area contributed by atoms with Gasteiger partial charge in [-0.15, -0.1) is 0 Å². The largest absolute Gasteiger partial charge is 0.354 e. The lowest BCUT2D eigenvalue weighted by atomic mass is 9.99. The monoisotopic (exact) mass is 446 g/mol. The number of nitrogens with two attached hydrogens (primary N) is 1. The number of benzene rings is 2. The smallest absolute Gasteiger partial charge is 0.298 e. The molecule has 2 aromatic carbocycles. The van der Waals surface area contributed by atoms with E-state index < -0.39 is 32.9 Å². The Morgan fingerprint density at radius 2 is 1.69 bits per heavy atom. The molecule has 0 atom stereocenters. The summed E-state index contributed by atoms with van der Waals surface area (Å²) in [4.78, 5) is -0.735. The molecule has 10 heteroatoms. The molecule has 136 valence electrons. The average molecular weight is 447 g/mol. The van der Waals surface area contributed by atoms with E-state index in [1.165, 1.54) is 6.07 Å². The average Bonchev–Trinajstić information content (AvgIpc) is 2.99. The summed E-state index contributed by atoms with van der Waals surface area (Å²) in [5.74, 6) is -1.90. The van der Waals surface area contributed by atoms with Crippen molar-refractivity contribution in [1.82, 2.24) is 5.16 Å². The number of sulfonamides is 1. The van der Waals surface area contributed by atoms with E-state index in [1.807, 2.05) is 0 Å². The molecule has 3 rings (SSSR count). The Balaban J connectivity index is 2.22. The van der Waals surface area contributed by atoms with Crippen molar-refractivity contribution in [3.05, 3.63) is 58.5 Å². The first-order valence-corrected chi connectivity index (χ1v) is 9.39. The van der Waals surface area contributed by atoms with Crippen LogP contribution in [0.1, 0.15) is 12.2 Å². The number of hydrogen-bond donors (Lipinski definition) is 1. The van der Waals surface area contributed by atoms with Crippen LogP contribution in [0, 0.1) is 5.82 Å². The van der Waals surface area contributed by atoms with Gasteiger partial charge in [0.05, 0.1) is 5.56 Å². The molecule has 1 heterocycles. The van der Waals surface area contributed by atoms with Crippen LogP contribution in [0.4, 0.5) is 13.2 Å². The number of alkyl halides is 2. The van der Waals surface area contributed by atoms with Crippen molar-refractivity contribution in [3.63, 3.8) is 0 Å². The van der Waals surface area contributed by atoms with Crippen molar-refractivity contribution in [1.29, 1.82) is 0 Å². The Bertz CT molecular complexity index is 1070. The van der Waals surface area contributed by atoms with Crippen molar-refractivity contribution in [2.24, 2.45) is 5.14 Å². The van der Waals surface area contributed by atoms with Crippen LogP contribution >= 0.6 is 15.9 Å². The Hall–Kier alpha value is -2.17. The van der Waals surface area contributed by atoms with E-state index in [2.05, 4.69) is 21.1 Å². The van der Waals surface area contributed by atoms with E-state index in [1.54, 1.807) is 24.3 Å². The van der Waals surface area contributed by atoms with Gasteiger partial charge < -0.3 is 4.52 Å². The van der Waals surface area contributed by atoms with Gasteiger partial charge >= 0.3 is 0 Å². The van der Waals surface area contributed by atoms with Gasteiger partial charge in [-0.3, -0.25) is 0 Å². The second-order valence-corrected chi connectivity index (χ2v) is 7.71. The van der Waals surface area contributed by atoms with Gasteiger partial charge in [-0.2, -0.15) is 0 Å². The molecule has 0 amide bonds. The van der Waals surface area contributed by atoms with Gasteiger partial charge in [0.2, 0.25) is 15.8 Å². The predicted octanol–water partition coefficient (Wildman–Crippen LogP) is 4.50. The third kappa shape index (κ3) is 3.53. The van der Waals surface area contributed by atoms with Crippen molar-refractivity contribution >= 4 is 26.0 Å². The van der Waals surface area contributed by atoms with Gasteiger partial charge in [0.25, 0.3) is 6.43 Å². The normalized spacial score (nSPS) is 11.9. The molecule has 3 aromatic rings. The molecule has 0 unspecified atom stereocenters. The molecule has 0 fully saturated rings. The quantitative estimate of drug-likeness (QED) is 0.639. The lowest BCUT2D eigenvalue weighted by molar-refractivity contribution is 0.113. The van der Waals surface area contributed by atoms with Crippen LogP contribution in [0.25, 0.3) is 22.4 Å². The summed E-state index contributed by atoms with van der Waals surface area (Å²) in [7, 11) is -4.28. The summed E-state index contributed by atoms with van der Waals surface area (Å²) in [6.45, 7) is 0. The minimum Gasteiger partial charge on any atom is -0.354 e. The molecule has 2 N–H and O–H groups in total. The zero-order chi connectivity index (χ0) is 19.1. The highest BCUT2D eigenvalue weighted by molar-refractivity contribution is 9.10. The number of nitrogens with zero attached hydrogens (tertiary/aromatic N) is 1. The van der Waals surface area contributed by atoms with E-state index in [9.17, 15) is 21.6 Å². The van der Waals surface area contributed by atoms with E-state index in [4.69, 9.17) is 9.66 Å². The minimum absolute atomic E-state index is 0.00984. The maximum absolute atomic E-state index is 14.2. The van der Waals surface area contributed by atoms with Gasteiger partial charge in [0, 0.05) is 10.0 Å². The predicted molar refractivity (Wildman–Crippen MR) is 91.4 cm³/mol. The van der Waals surface area contributed by atoms with Crippen LogP contribution in [-0.4, -0.2) is 13.6 Å². The van der Waals surface area contributed by atoms with Gasteiger partial charge in [-0.05, 0) is 29.8 Å². The standard InChI is InChI=1S/C16H10BrF3N2O3S/c17-10-4-1-8(2-5-10)14-13(15(16(19)20)25-22-14)9-3-6-12(11(18)7-9)26(21,23)24/h1-7,16H,(H2,21,23,24). The maximum atomic E-state index is 14.2. The number of primary sulfonamides is 1. The van der Waals surface area contributed by atoms with E-state index in [-0.39, 0.29) is 16.8 Å². The zero-order valence-corrected chi connectivity index (χ0v) is 15.2. The highest BCUT2D eigenvalue weighted by Gasteiger charge is 2.27. The third-order valence-electron chi connectivity index (χ3n) is 3.56. The highest BCUT2D eigenvalue weighted by atomic mass is 79.9. The first-order chi connectivity index (χ1) is 12.2. The Kier molecular flexibility index (Phi) is 4.91. The molecule has 1 aromatic heterocycles. The first-order valence-electron chi connectivity index (χ1n) is 7.05. The second kappa shape index (κ2) is 6.86. The maximum Gasteiger partial charge on any atom is 0.298 e. The summed E-state index contributed by atoms with van der Waals surface area (Å²) in [6, 6.07) is 9.49. The fourth-order valence-electron chi connectivity index (χ4n) is 2.42. The zero-order valence-electron chi connectivity index (χ0n) is 12.8. The Morgan fingerprint density at radius 3 is 2.23 bits per heavy atom. The minimum atomic E-state index is -4.28. The number of hydrogen-bond acceptors (Lipinski definition) is 4. The molecule has 0 radical (unpaired) electrons. The summed E-state index contributed by atoms with van der Waals surface area (Å²) in [6.07, 6.45) is -3.00. The SMILES string of the molecule is NS(=O)(=O)c1ccc(-c2c(-c3ccc(Br)cc3)noc2C(F)F)cc1F. The molecule has 0 bridgehead atoms. The summed E-state index contributed by atoms with van der Waals surface area (Å²) < 4.78 is 69.0. The molecule has 0 saturated carbocycles. The van der Waals surface area contributed by atoms with Crippen LogP contribution < -0.4 is 5.14 Å². The topological polar surface area (TPSA) is 86.2 Å². The van der Waals surface area contributed by atoms with Crippen LogP contribution in [0.5, 0.6) is 0 Å². The fourth-order valence-corrected chi connectivity index (χ4v) is 3.28. The van der Waals surface area contributed by atoms with Crippen molar-refractivity contribution in [2.75, 3.05) is 0 Å².